The van der Waals surface area contributed by atoms with Gasteiger partial charge in [0.1, 0.15) is 18.2 Å². The zero-order valence-electron chi connectivity index (χ0n) is 21.2. The first-order chi connectivity index (χ1) is 17.7. The fraction of sp³-hybridized carbons (Fsp3) is 0.429. The maximum Gasteiger partial charge on any atom is 0.408 e. The predicted octanol–water partition coefficient (Wildman–Crippen LogP) is 3.21. The second kappa shape index (κ2) is 13.4. The van der Waals surface area contributed by atoms with Crippen molar-refractivity contribution in [3.63, 3.8) is 0 Å². The summed E-state index contributed by atoms with van der Waals surface area (Å²) in [5, 5.41) is 17.5. The lowest BCUT2D eigenvalue weighted by molar-refractivity contribution is -0.143. The SMILES string of the molecule is CC(C)C[C@H](NC(=O)OC(Cc1ccccc1)c1ccccc1)C(=O)N[C@@H](C[C@@H]1CCNC1=O)C(=O)O. The summed E-state index contributed by atoms with van der Waals surface area (Å²) < 4.78 is 5.78. The largest absolute Gasteiger partial charge is 0.480 e. The van der Waals surface area contributed by atoms with E-state index in [1.807, 2.05) is 74.5 Å². The van der Waals surface area contributed by atoms with Gasteiger partial charge in [-0.05, 0) is 36.3 Å². The maximum absolute atomic E-state index is 13.1. The van der Waals surface area contributed by atoms with Crippen LogP contribution in [-0.4, -0.2) is 47.6 Å². The number of rotatable bonds is 12. The highest BCUT2D eigenvalue weighted by Crippen LogP contribution is 2.23. The number of nitrogens with one attached hydrogen (secondary N) is 3. The number of carbonyl (C=O) groups is 4. The van der Waals surface area contributed by atoms with Gasteiger partial charge in [-0.25, -0.2) is 9.59 Å². The molecule has 2 aromatic carbocycles. The number of benzene rings is 2. The molecule has 0 saturated carbocycles. The number of hydrogen-bond acceptors (Lipinski definition) is 5. The predicted molar refractivity (Wildman–Crippen MR) is 137 cm³/mol. The maximum atomic E-state index is 13.1. The Labute approximate surface area is 217 Å². The van der Waals surface area contributed by atoms with Gasteiger partial charge in [-0.1, -0.05) is 74.5 Å². The fourth-order valence-corrected chi connectivity index (χ4v) is 4.38. The van der Waals surface area contributed by atoms with Gasteiger partial charge in [0.15, 0.2) is 0 Å². The molecule has 37 heavy (non-hydrogen) atoms. The molecule has 1 unspecified atom stereocenters. The average molecular weight is 510 g/mol. The lowest BCUT2D eigenvalue weighted by atomic mass is 9.97. The zero-order valence-corrected chi connectivity index (χ0v) is 21.2. The minimum absolute atomic E-state index is 0.0150. The Morgan fingerprint density at radius 1 is 1.00 bits per heavy atom. The van der Waals surface area contributed by atoms with E-state index in [9.17, 15) is 24.3 Å². The van der Waals surface area contributed by atoms with Crippen LogP contribution in [-0.2, 0) is 25.5 Å². The summed E-state index contributed by atoms with van der Waals surface area (Å²) in [6, 6.07) is 16.7. The molecule has 1 fully saturated rings. The summed E-state index contributed by atoms with van der Waals surface area (Å²) in [5.41, 5.74) is 1.80. The van der Waals surface area contributed by atoms with E-state index in [4.69, 9.17) is 4.74 Å². The zero-order chi connectivity index (χ0) is 26.8. The van der Waals surface area contributed by atoms with Gasteiger partial charge in [0.2, 0.25) is 11.8 Å². The minimum atomic E-state index is -1.25. The van der Waals surface area contributed by atoms with E-state index in [1.54, 1.807) is 0 Å². The Morgan fingerprint density at radius 3 is 2.22 bits per heavy atom. The third kappa shape index (κ3) is 8.63. The van der Waals surface area contributed by atoms with Crippen LogP contribution in [0.2, 0.25) is 0 Å². The fourth-order valence-electron chi connectivity index (χ4n) is 4.38. The van der Waals surface area contributed by atoms with E-state index in [0.29, 0.717) is 19.4 Å². The van der Waals surface area contributed by atoms with Crippen molar-refractivity contribution >= 4 is 23.9 Å². The quantitative estimate of drug-likeness (QED) is 0.347. The van der Waals surface area contributed by atoms with Crippen LogP contribution < -0.4 is 16.0 Å². The number of alkyl carbamates (subject to hydrolysis) is 1. The van der Waals surface area contributed by atoms with Crippen LogP contribution >= 0.6 is 0 Å². The lowest BCUT2D eigenvalue weighted by Gasteiger charge is -2.25. The molecule has 4 N–H and O–H groups in total. The van der Waals surface area contributed by atoms with Crippen molar-refractivity contribution in [2.45, 2.75) is 57.7 Å². The molecule has 0 radical (unpaired) electrons. The Bertz CT molecular complexity index is 1060. The van der Waals surface area contributed by atoms with E-state index >= 15 is 0 Å². The van der Waals surface area contributed by atoms with E-state index < -0.39 is 42.1 Å². The molecule has 0 bridgehead atoms. The number of ether oxygens (including phenoxy) is 1. The molecular formula is C28H35N3O6. The number of carbonyl (C=O) groups excluding carboxylic acids is 3. The summed E-state index contributed by atoms with van der Waals surface area (Å²) in [6.45, 7) is 4.28. The van der Waals surface area contributed by atoms with Crippen molar-refractivity contribution in [2.24, 2.45) is 11.8 Å². The van der Waals surface area contributed by atoms with Crippen LogP contribution in [0, 0.1) is 11.8 Å². The molecule has 3 rings (SSSR count). The van der Waals surface area contributed by atoms with E-state index in [-0.39, 0.29) is 24.7 Å². The molecule has 1 saturated heterocycles. The average Bonchev–Trinajstić information content (AvgIpc) is 3.27. The second-order valence-electron chi connectivity index (χ2n) is 9.73. The highest BCUT2D eigenvalue weighted by molar-refractivity contribution is 5.90. The third-order valence-corrected chi connectivity index (χ3v) is 6.30. The van der Waals surface area contributed by atoms with Gasteiger partial charge >= 0.3 is 12.1 Å². The third-order valence-electron chi connectivity index (χ3n) is 6.30. The summed E-state index contributed by atoms with van der Waals surface area (Å²) in [6.07, 6.45) is -0.123. The Hall–Kier alpha value is -3.88. The summed E-state index contributed by atoms with van der Waals surface area (Å²) >= 11 is 0. The molecule has 1 heterocycles. The van der Waals surface area contributed by atoms with Gasteiger partial charge in [0.25, 0.3) is 0 Å². The van der Waals surface area contributed by atoms with Crippen molar-refractivity contribution in [3.05, 3.63) is 71.8 Å². The summed E-state index contributed by atoms with van der Waals surface area (Å²) in [7, 11) is 0. The smallest absolute Gasteiger partial charge is 0.408 e. The monoisotopic (exact) mass is 509 g/mol. The highest BCUT2D eigenvalue weighted by Gasteiger charge is 2.33. The van der Waals surface area contributed by atoms with E-state index in [2.05, 4.69) is 16.0 Å². The second-order valence-corrected chi connectivity index (χ2v) is 9.73. The van der Waals surface area contributed by atoms with Crippen LogP contribution in [0.25, 0.3) is 0 Å². The molecule has 0 spiro atoms. The van der Waals surface area contributed by atoms with E-state index in [1.165, 1.54) is 0 Å². The van der Waals surface area contributed by atoms with Crippen molar-refractivity contribution in [2.75, 3.05) is 6.54 Å². The molecule has 1 aliphatic heterocycles. The summed E-state index contributed by atoms with van der Waals surface area (Å²) in [4.78, 5) is 49.8. The van der Waals surface area contributed by atoms with Gasteiger partial charge < -0.3 is 25.8 Å². The van der Waals surface area contributed by atoms with Crippen LogP contribution in [0.5, 0.6) is 0 Å². The lowest BCUT2D eigenvalue weighted by Crippen LogP contribution is -2.52. The van der Waals surface area contributed by atoms with Gasteiger partial charge in [0, 0.05) is 18.9 Å². The number of carboxylic acids is 1. The van der Waals surface area contributed by atoms with Crippen molar-refractivity contribution in [1.29, 1.82) is 0 Å². The molecule has 1 aliphatic rings. The topological polar surface area (TPSA) is 134 Å². The molecule has 9 nitrogen and oxygen atoms in total. The number of carboxylic acid groups (broad SMARTS) is 1. The standard InChI is InChI=1S/C28H35N3O6/c1-18(2)15-22(26(33)30-23(27(34)35)17-21-13-14-29-25(21)32)31-28(36)37-24(20-11-7-4-8-12-20)16-19-9-5-3-6-10-19/h3-12,18,21-24H,13-17H2,1-2H3,(H,29,32)(H,30,33)(H,31,36)(H,34,35)/t21-,22-,23-,24?/m0/s1. The molecule has 2 aromatic rings. The Kier molecular flexibility index (Phi) is 10.1. The molecule has 0 aliphatic carbocycles. The molecule has 198 valence electrons. The summed E-state index contributed by atoms with van der Waals surface area (Å²) in [5.74, 6) is -2.52. The molecular weight excluding hydrogens is 474 g/mol. The van der Waals surface area contributed by atoms with Crippen LogP contribution in [0.4, 0.5) is 4.79 Å². The van der Waals surface area contributed by atoms with Crippen molar-refractivity contribution < 1.29 is 29.0 Å². The molecule has 9 heteroatoms. The van der Waals surface area contributed by atoms with Crippen LogP contribution in [0.1, 0.15) is 50.3 Å². The first-order valence-corrected chi connectivity index (χ1v) is 12.6. The van der Waals surface area contributed by atoms with Crippen LogP contribution in [0.15, 0.2) is 60.7 Å². The number of aliphatic carboxylic acids is 1. The van der Waals surface area contributed by atoms with Gasteiger partial charge in [-0.3, -0.25) is 9.59 Å². The van der Waals surface area contributed by atoms with Crippen molar-refractivity contribution in [3.8, 4) is 0 Å². The number of amides is 3. The molecule has 3 amide bonds. The van der Waals surface area contributed by atoms with Crippen molar-refractivity contribution in [1.82, 2.24) is 16.0 Å². The molecule has 0 aromatic heterocycles. The first kappa shape index (κ1) is 27.7. The van der Waals surface area contributed by atoms with Gasteiger partial charge in [-0.15, -0.1) is 0 Å². The van der Waals surface area contributed by atoms with Gasteiger partial charge in [0.05, 0.1) is 0 Å². The Balaban J connectivity index is 1.69. The highest BCUT2D eigenvalue weighted by atomic mass is 16.6. The minimum Gasteiger partial charge on any atom is -0.480 e. The van der Waals surface area contributed by atoms with Gasteiger partial charge in [-0.2, -0.15) is 0 Å². The van der Waals surface area contributed by atoms with E-state index in [0.717, 1.165) is 11.1 Å². The number of hydrogen-bond donors (Lipinski definition) is 4. The molecule has 4 atom stereocenters. The normalized spacial score (nSPS) is 17.4. The van der Waals surface area contributed by atoms with Crippen LogP contribution in [0.3, 0.4) is 0 Å². The Morgan fingerprint density at radius 2 is 1.65 bits per heavy atom. The first-order valence-electron chi connectivity index (χ1n) is 12.6.